The van der Waals surface area contributed by atoms with Gasteiger partial charge in [0.2, 0.25) is 5.89 Å². The quantitative estimate of drug-likeness (QED) is 0.899. The van der Waals surface area contributed by atoms with Crippen LogP contribution in [0.1, 0.15) is 58.2 Å². The van der Waals surface area contributed by atoms with Crippen molar-refractivity contribution in [3.63, 3.8) is 0 Å². The van der Waals surface area contributed by atoms with Crippen LogP contribution in [0.3, 0.4) is 0 Å². The van der Waals surface area contributed by atoms with Crippen molar-refractivity contribution in [1.29, 1.82) is 0 Å². The molecule has 108 valence electrons. The summed E-state index contributed by atoms with van der Waals surface area (Å²) in [6, 6.07) is 0.632. The standard InChI is InChI=1S/C14H25N3OS/c1-14(2,3)19-10-12-16-13(18-17-12)8-7-11-6-4-5-9-15-11/h11,15H,4-10H2,1-3H3. The molecule has 1 aliphatic rings. The van der Waals surface area contributed by atoms with Gasteiger partial charge in [-0.05, 0) is 25.8 Å². The van der Waals surface area contributed by atoms with Gasteiger partial charge in [-0.15, -0.1) is 11.8 Å². The van der Waals surface area contributed by atoms with E-state index in [0.29, 0.717) is 6.04 Å². The molecule has 1 atom stereocenters. The number of nitrogens with zero attached hydrogens (tertiary/aromatic N) is 2. The molecule has 1 aromatic heterocycles. The molecule has 1 aliphatic heterocycles. The molecule has 0 amide bonds. The van der Waals surface area contributed by atoms with Crippen molar-refractivity contribution in [2.45, 2.75) is 69.4 Å². The molecule has 2 rings (SSSR count). The lowest BCUT2D eigenvalue weighted by Gasteiger charge is -2.22. The van der Waals surface area contributed by atoms with Crippen molar-refractivity contribution in [1.82, 2.24) is 15.5 Å². The zero-order valence-electron chi connectivity index (χ0n) is 12.2. The summed E-state index contributed by atoms with van der Waals surface area (Å²) < 4.78 is 5.56. The summed E-state index contributed by atoms with van der Waals surface area (Å²) in [4.78, 5) is 4.47. The first-order valence-electron chi connectivity index (χ1n) is 7.22. The maximum Gasteiger partial charge on any atom is 0.226 e. The topological polar surface area (TPSA) is 51.0 Å². The van der Waals surface area contributed by atoms with Crippen LogP contribution in [0, 0.1) is 0 Å². The summed E-state index contributed by atoms with van der Waals surface area (Å²) in [5, 5.41) is 7.60. The van der Waals surface area contributed by atoms with Crippen LogP contribution in [0.2, 0.25) is 0 Å². The van der Waals surface area contributed by atoms with Gasteiger partial charge >= 0.3 is 0 Å². The summed E-state index contributed by atoms with van der Waals surface area (Å²) in [6.07, 6.45) is 5.93. The largest absolute Gasteiger partial charge is 0.339 e. The molecule has 1 fully saturated rings. The summed E-state index contributed by atoms with van der Waals surface area (Å²) >= 11 is 1.85. The normalized spacial score (nSPS) is 20.7. The minimum atomic E-state index is 0.243. The highest BCUT2D eigenvalue weighted by molar-refractivity contribution is 7.99. The van der Waals surface area contributed by atoms with Crippen LogP contribution in [0.25, 0.3) is 0 Å². The first kappa shape index (κ1) is 14.9. The Morgan fingerprint density at radius 2 is 2.21 bits per heavy atom. The van der Waals surface area contributed by atoms with Crippen molar-refractivity contribution in [3.05, 3.63) is 11.7 Å². The molecule has 2 heterocycles. The molecule has 1 saturated heterocycles. The Morgan fingerprint density at radius 1 is 1.37 bits per heavy atom. The fourth-order valence-electron chi connectivity index (χ4n) is 2.20. The van der Waals surface area contributed by atoms with E-state index in [9.17, 15) is 0 Å². The minimum absolute atomic E-state index is 0.243. The summed E-state index contributed by atoms with van der Waals surface area (Å²) in [5.41, 5.74) is 0. The Kier molecular flexibility index (Phi) is 5.28. The Balaban J connectivity index is 1.74. The highest BCUT2D eigenvalue weighted by atomic mass is 32.2. The fraction of sp³-hybridized carbons (Fsp3) is 0.857. The second-order valence-electron chi connectivity index (χ2n) is 6.19. The molecule has 0 saturated carbocycles. The molecule has 1 aromatic rings. The van der Waals surface area contributed by atoms with E-state index in [1.54, 1.807) is 0 Å². The fourth-order valence-corrected chi connectivity index (χ4v) is 2.88. The van der Waals surface area contributed by atoms with E-state index in [1.807, 2.05) is 11.8 Å². The third-order valence-corrected chi connectivity index (χ3v) is 4.53. The molecule has 4 nitrogen and oxygen atoms in total. The van der Waals surface area contributed by atoms with Gasteiger partial charge in [0.15, 0.2) is 5.82 Å². The lowest BCUT2D eigenvalue weighted by atomic mass is 10.0. The van der Waals surface area contributed by atoms with Crippen molar-refractivity contribution in [2.75, 3.05) is 6.54 Å². The number of hydrogen-bond acceptors (Lipinski definition) is 5. The van der Waals surface area contributed by atoms with Gasteiger partial charge in [-0.1, -0.05) is 32.3 Å². The smallest absolute Gasteiger partial charge is 0.226 e. The molecule has 5 heteroatoms. The zero-order valence-corrected chi connectivity index (χ0v) is 13.1. The summed E-state index contributed by atoms with van der Waals surface area (Å²) in [7, 11) is 0. The Hall–Kier alpha value is -0.550. The van der Waals surface area contributed by atoms with Crippen molar-refractivity contribution in [2.24, 2.45) is 0 Å². The van der Waals surface area contributed by atoms with E-state index in [-0.39, 0.29) is 4.75 Å². The van der Waals surface area contributed by atoms with Gasteiger partial charge < -0.3 is 9.84 Å². The monoisotopic (exact) mass is 283 g/mol. The Morgan fingerprint density at radius 3 is 2.89 bits per heavy atom. The SMILES string of the molecule is CC(C)(C)SCc1noc(CCC2CCCCN2)n1. The van der Waals surface area contributed by atoms with Gasteiger partial charge in [0.25, 0.3) is 0 Å². The van der Waals surface area contributed by atoms with Gasteiger partial charge in [0, 0.05) is 17.2 Å². The number of rotatable bonds is 5. The Bertz CT molecular complexity index is 380. The van der Waals surface area contributed by atoms with E-state index < -0.39 is 0 Å². The van der Waals surface area contributed by atoms with E-state index in [2.05, 4.69) is 36.2 Å². The van der Waals surface area contributed by atoms with E-state index in [1.165, 1.54) is 19.3 Å². The number of nitrogens with one attached hydrogen (secondary N) is 1. The van der Waals surface area contributed by atoms with Crippen LogP contribution in [0.5, 0.6) is 0 Å². The number of aryl methyl sites for hydroxylation is 1. The highest BCUT2D eigenvalue weighted by Gasteiger charge is 2.16. The number of hydrogen-bond donors (Lipinski definition) is 1. The predicted octanol–water partition coefficient (Wildman–Crippen LogP) is 3.18. The molecular weight excluding hydrogens is 258 g/mol. The van der Waals surface area contributed by atoms with Gasteiger partial charge in [0.1, 0.15) is 0 Å². The first-order valence-corrected chi connectivity index (χ1v) is 8.20. The maximum atomic E-state index is 5.32. The molecule has 1 N–H and O–H groups in total. The van der Waals surface area contributed by atoms with Crippen LogP contribution in [-0.2, 0) is 12.2 Å². The van der Waals surface area contributed by atoms with Crippen molar-refractivity contribution >= 4 is 11.8 Å². The molecule has 0 aromatic carbocycles. The van der Waals surface area contributed by atoms with Crippen LogP contribution in [-0.4, -0.2) is 27.5 Å². The van der Waals surface area contributed by atoms with Crippen LogP contribution in [0.15, 0.2) is 4.52 Å². The molecule has 1 unspecified atom stereocenters. The van der Waals surface area contributed by atoms with Crippen molar-refractivity contribution < 1.29 is 4.52 Å². The second kappa shape index (κ2) is 6.75. The lowest BCUT2D eigenvalue weighted by Crippen LogP contribution is -2.34. The Labute approximate surface area is 120 Å². The first-order chi connectivity index (χ1) is 9.03. The third-order valence-electron chi connectivity index (χ3n) is 3.26. The van der Waals surface area contributed by atoms with E-state index in [0.717, 1.165) is 36.9 Å². The molecule has 0 radical (unpaired) electrons. The van der Waals surface area contributed by atoms with Crippen LogP contribution in [0.4, 0.5) is 0 Å². The number of thioether (sulfide) groups is 1. The predicted molar refractivity (Wildman–Crippen MR) is 79.3 cm³/mol. The van der Waals surface area contributed by atoms with Gasteiger partial charge in [-0.25, -0.2) is 0 Å². The summed E-state index contributed by atoms with van der Waals surface area (Å²) in [6.45, 7) is 7.76. The second-order valence-corrected chi connectivity index (χ2v) is 7.99. The zero-order chi connectivity index (χ0) is 13.7. The summed E-state index contributed by atoms with van der Waals surface area (Å²) in [5.74, 6) is 2.44. The molecule has 19 heavy (non-hydrogen) atoms. The van der Waals surface area contributed by atoms with E-state index in [4.69, 9.17) is 4.52 Å². The van der Waals surface area contributed by atoms with Gasteiger partial charge in [0.05, 0.1) is 5.75 Å². The lowest BCUT2D eigenvalue weighted by molar-refractivity contribution is 0.341. The van der Waals surface area contributed by atoms with Crippen molar-refractivity contribution in [3.8, 4) is 0 Å². The molecule has 0 spiro atoms. The highest BCUT2D eigenvalue weighted by Crippen LogP contribution is 2.26. The van der Waals surface area contributed by atoms with Gasteiger partial charge in [-0.3, -0.25) is 0 Å². The molecule has 0 aliphatic carbocycles. The van der Waals surface area contributed by atoms with Crippen LogP contribution >= 0.6 is 11.8 Å². The van der Waals surface area contributed by atoms with Gasteiger partial charge in [-0.2, -0.15) is 4.98 Å². The molecular formula is C14H25N3OS. The minimum Gasteiger partial charge on any atom is -0.339 e. The number of piperidine rings is 1. The van der Waals surface area contributed by atoms with E-state index >= 15 is 0 Å². The third kappa shape index (κ3) is 5.53. The number of aromatic nitrogens is 2. The average molecular weight is 283 g/mol. The average Bonchev–Trinajstić information content (AvgIpc) is 2.82. The van der Waals surface area contributed by atoms with Crippen LogP contribution < -0.4 is 5.32 Å². The molecule has 0 bridgehead atoms. The maximum absolute atomic E-state index is 5.32.